The van der Waals surface area contributed by atoms with Gasteiger partial charge in [0, 0.05) is 12.1 Å². The van der Waals surface area contributed by atoms with E-state index < -0.39 is 24.2 Å². The number of hydrogen-bond acceptors (Lipinski definition) is 4. The van der Waals surface area contributed by atoms with E-state index in [1.807, 2.05) is 0 Å². The Hall–Kier alpha value is -2.78. The summed E-state index contributed by atoms with van der Waals surface area (Å²) in [6, 6.07) is 9.00. The van der Waals surface area contributed by atoms with Crippen LogP contribution in [0.5, 0.6) is 23.0 Å². The van der Waals surface area contributed by atoms with Crippen LogP contribution >= 0.6 is 0 Å². The van der Waals surface area contributed by atoms with E-state index in [1.165, 1.54) is 24.3 Å². The highest BCUT2D eigenvalue weighted by Gasteiger charge is 2.31. The molecular formula is C14H10F6O4. The number of ether oxygens (including phenoxy) is 2. The van der Waals surface area contributed by atoms with Gasteiger partial charge < -0.3 is 19.7 Å². The van der Waals surface area contributed by atoms with E-state index in [0.29, 0.717) is 0 Å². The molecule has 2 N–H and O–H groups in total. The van der Waals surface area contributed by atoms with Gasteiger partial charge in [-0.1, -0.05) is 12.1 Å². The molecular weight excluding hydrogens is 346 g/mol. The summed E-state index contributed by atoms with van der Waals surface area (Å²) >= 11 is 0. The zero-order valence-corrected chi connectivity index (χ0v) is 11.6. The fourth-order valence-corrected chi connectivity index (χ4v) is 1.36. The van der Waals surface area contributed by atoms with Crippen molar-refractivity contribution in [1.29, 1.82) is 0 Å². The molecule has 0 spiro atoms. The molecule has 4 nitrogen and oxygen atoms in total. The fourth-order valence-electron chi connectivity index (χ4n) is 1.36. The lowest BCUT2D eigenvalue weighted by atomic mass is 10.3. The van der Waals surface area contributed by atoms with Crippen molar-refractivity contribution in [3.05, 3.63) is 48.5 Å². The Labute approximate surface area is 131 Å². The third-order valence-corrected chi connectivity index (χ3v) is 2.10. The number of phenols is 2. The number of rotatable bonds is 2. The number of halogens is 6. The Bertz CT molecular complexity index is 597. The first-order chi connectivity index (χ1) is 10.9. The minimum Gasteiger partial charge on any atom is -0.508 e. The molecule has 0 saturated carbocycles. The Morgan fingerprint density at radius 2 is 0.958 bits per heavy atom. The number of hydrogen-bond donors (Lipinski definition) is 2. The smallest absolute Gasteiger partial charge is 0.508 e. The third-order valence-electron chi connectivity index (χ3n) is 2.10. The molecule has 0 fully saturated rings. The highest BCUT2D eigenvalue weighted by molar-refractivity contribution is 5.32. The summed E-state index contributed by atoms with van der Waals surface area (Å²) in [5, 5.41) is 17.5. The van der Waals surface area contributed by atoms with E-state index in [1.54, 1.807) is 0 Å². The number of alkyl halides is 6. The van der Waals surface area contributed by atoms with Crippen LogP contribution in [0.1, 0.15) is 0 Å². The first-order valence-corrected chi connectivity index (χ1v) is 6.04. The molecule has 0 unspecified atom stereocenters. The molecule has 0 atom stereocenters. The zero-order valence-electron chi connectivity index (χ0n) is 11.6. The Morgan fingerprint density at radius 1 is 0.625 bits per heavy atom. The maximum absolute atomic E-state index is 11.6. The minimum atomic E-state index is -4.71. The molecule has 0 bridgehead atoms. The highest BCUT2D eigenvalue weighted by atomic mass is 19.4. The van der Waals surface area contributed by atoms with E-state index in [9.17, 15) is 26.3 Å². The average molecular weight is 356 g/mol. The quantitative estimate of drug-likeness (QED) is 0.774. The van der Waals surface area contributed by atoms with Gasteiger partial charge in [-0.05, 0) is 24.3 Å². The Kier molecular flexibility index (Phi) is 6.15. The van der Waals surface area contributed by atoms with Gasteiger partial charge in [0.15, 0.2) is 0 Å². The molecule has 2 rings (SSSR count). The molecule has 10 heteroatoms. The van der Waals surface area contributed by atoms with Crippen molar-refractivity contribution in [3.8, 4) is 23.0 Å². The normalized spacial score (nSPS) is 11.2. The first kappa shape index (κ1) is 19.3. The van der Waals surface area contributed by atoms with Crippen LogP contribution in [0, 0.1) is 0 Å². The van der Waals surface area contributed by atoms with Gasteiger partial charge in [0.05, 0.1) is 0 Å². The van der Waals surface area contributed by atoms with E-state index in [4.69, 9.17) is 10.2 Å². The summed E-state index contributed by atoms with van der Waals surface area (Å²) in [7, 11) is 0. The van der Waals surface area contributed by atoms with Gasteiger partial charge in [0.25, 0.3) is 0 Å². The lowest BCUT2D eigenvalue weighted by Gasteiger charge is -2.08. The van der Waals surface area contributed by atoms with E-state index >= 15 is 0 Å². The molecule has 24 heavy (non-hydrogen) atoms. The fraction of sp³-hybridized carbons (Fsp3) is 0.143. The summed E-state index contributed by atoms with van der Waals surface area (Å²) < 4.78 is 76.5. The highest BCUT2D eigenvalue weighted by Crippen LogP contribution is 2.26. The second-order valence-electron chi connectivity index (χ2n) is 4.09. The van der Waals surface area contributed by atoms with Gasteiger partial charge in [-0.2, -0.15) is 0 Å². The first-order valence-electron chi connectivity index (χ1n) is 6.04. The molecule has 2 aromatic rings. The minimum absolute atomic E-state index is 0.267. The zero-order chi connectivity index (χ0) is 18.4. The third kappa shape index (κ3) is 8.61. The van der Waals surface area contributed by atoms with Gasteiger partial charge in [-0.15, -0.1) is 26.3 Å². The van der Waals surface area contributed by atoms with Crippen LogP contribution < -0.4 is 9.47 Å². The summed E-state index contributed by atoms with van der Waals surface area (Å²) in [6.07, 6.45) is -9.43. The Morgan fingerprint density at radius 3 is 1.21 bits per heavy atom. The average Bonchev–Trinajstić information content (AvgIpc) is 2.35. The van der Waals surface area contributed by atoms with Gasteiger partial charge in [-0.3, -0.25) is 0 Å². The lowest BCUT2D eigenvalue weighted by molar-refractivity contribution is -0.275. The van der Waals surface area contributed by atoms with Gasteiger partial charge in [0.1, 0.15) is 23.0 Å². The monoisotopic (exact) mass is 356 g/mol. The maximum Gasteiger partial charge on any atom is 0.573 e. The standard InChI is InChI=1S/2C7H5F3O2/c2*8-7(9,10)12-6-3-1-2-5(11)4-6/h2*1-4,11H. The van der Waals surface area contributed by atoms with Gasteiger partial charge in [0.2, 0.25) is 0 Å². The molecule has 0 saturated heterocycles. The second kappa shape index (κ2) is 7.66. The van der Waals surface area contributed by atoms with Crippen molar-refractivity contribution < 1.29 is 46.0 Å². The van der Waals surface area contributed by atoms with Gasteiger partial charge in [-0.25, -0.2) is 0 Å². The molecule has 0 aliphatic heterocycles. The SMILES string of the molecule is Oc1cccc(OC(F)(F)F)c1.Oc1cccc(OC(F)(F)F)c1. The topological polar surface area (TPSA) is 58.9 Å². The molecule has 0 radical (unpaired) electrons. The molecule has 0 amide bonds. The molecule has 132 valence electrons. The van der Waals surface area contributed by atoms with Crippen LogP contribution in [0.25, 0.3) is 0 Å². The van der Waals surface area contributed by atoms with E-state index in [2.05, 4.69) is 9.47 Å². The van der Waals surface area contributed by atoms with E-state index in [-0.39, 0.29) is 11.5 Å². The largest absolute Gasteiger partial charge is 0.573 e. The molecule has 0 aliphatic carbocycles. The predicted molar refractivity (Wildman–Crippen MR) is 69.6 cm³/mol. The maximum atomic E-state index is 11.6. The van der Waals surface area contributed by atoms with Crippen LogP contribution in [-0.2, 0) is 0 Å². The van der Waals surface area contributed by atoms with Crippen molar-refractivity contribution in [2.45, 2.75) is 12.7 Å². The van der Waals surface area contributed by atoms with Crippen LogP contribution in [0.15, 0.2) is 48.5 Å². The van der Waals surface area contributed by atoms with Crippen LogP contribution in [0.2, 0.25) is 0 Å². The summed E-state index contributed by atoms with van der Waals surface area (Å²) in [4.78, 5) is 0. The molecule has 0 heterocycles. The van der Waals surface area contributed by atoms with Crippen molar-refractivity contribution in [2.75, 3.05) is 0 Å². The summed E-state index contributed by atoms with van der Waals surface area (Å²) in [5.74, 6) is -1.39. The van der Waals surface area contributed by atoms with Crippen molar-refractivity contribution in [3.63, 3.8) is 0 Å². The number of benzene rings is 2. The lowest BCUT2D eigenvalue weighted by Crippen LogP contribution is -2.16. The number of aromatic hydroxyl groups is 2. The van der Waals surface area contributed by atoms with Crippen molar-refractivity contribution in [1.82, 2.24) is 0 Å². The predicted octanol–water partition coefficient (Wildman–Crippen LogP) is 4.58. The van der Waals surface area contributed by atoms with Crippen LogP contribution in [-0.4, -0.2) is 22.9 Å². The van der Waals surface area contributed by atoms with Crippen molar-refractivity contribution >= 4 is 0 Å². The Balaban J connectivity index is 0.000000240. The van der Waals surface area contributed by atoms with Gasteiger partial charge >= 0.3 is 12.7 Å². The van der Waals surface area contributed by atoms with E-state index in [0.717, 1.165) is 24.3 Å². The molecule has 0 aromatic heterocycles. The van der Waals surface area contributed by atoms with Crippen LogP contribution in [0.3, 0.4) is 0 Å². The molecule has 0 aliphatic rings. The second-order valence-corrected chi connectivity index (χ2v) is 4.09. The summed E-state index contributed by atoms with van der Waals surface area (Å²) in [5.41, 5.74) is 0. The summed E-state index contributed by atoms with van der Waals surface area (Å²) in [6.45, 7) is 0. The van der Waals surface area contributed by atoms with Crippen LogP contribution in [0.4, 0.5) is 26.3 Å². The molecule has 2 aromatic carbocycles. The number of phenolic OH excluding ortho intramolecular Hbond substituents is 2. The van der Waals surface area contributed by atoms with Crippen molar-refractivity contribution in [2.24, 2.45) is 0 Å².